The number of nitrogens with zero attached hydrogens (tertiary/aromatic N) is 2. The van der Waals surface area contributed by atoms with Gasteiger partial charge in [0.25, 0.3) is 0 Å². The van der Waals surface area contributed by atoms with E-state index in [0.717, 1.165) is 12.8 Å². The molecule has 0 aromatic carbocycles. The maximum Gasteiger partial charge on any atom is 0.242 e. The lowest BCUT2D eigenvalue weighted by Gasteiger charge is -2.41. The van der Waals surface area contributed by atoms with Crippen molar-refractivity contribution in [3.63, 3.8) is 0 Å². The van der Waals surface area contributed by atoms with Crippen molar-refractivity contribution in [3.8, 4) is 6.07 Å². The van der Waals surface area contributed by atoms with Crippen molar-refractivity contribution in [2.24, 2.45) is 5.41 Å². The van der Waals surface area contributed by atoms with Crippen LogP contribution in [0.4, 0.5) is 0 Å². The number of rotatable bonds is 1. The average Bonchev–Trinajstić information content (AvgIpc) is 2.17. The van der Waals surface area contributed by atoms with Crippen molar-refractivity contribution in [1.82, 2.24) is 4.90 Å². The van der Waals surface area contributed by atoms with Crippen molar-refractivity contribution < 1.29 is 4.79 Å². The van der Waals surface area contributed by atoms with Gasteiger partial charge in [0.05, 0.1) is 6.07 Å². The lowest BCUT2D eigenvalue weighted by molar-refractivity contribution is -0.143. The maximum absolute atomic E-state index is 12.2. The minimum absolute atomic E-state index is 0.0234. The van der Waals surface area contributed by atoms with Crippen LogP contribution in [0, 0.1) is 16.7 Å². The lowest BCUT2D eigenvalue weighted by Crippen LogP contribution is -2.51. The van der Waals surface area contributed by atoms with E-state index in [4.69, 9.17) is 5.26 Å². The highest BCUT2D eigenvalue weighted by Crippen LogP contribution is 2.28. The third-order valence-corrected chi connectivity index (χ3v) is 3.24. The number of piperidine rings is 1. The Hall–Kier alpha value is -1.04. The molecule has 1 aliphatic heterocycles. The summed E-state index contributed by atoms with van der Waals surface area (Å²) < 4.78 is 0. The molecule has 0 saturated carbocycles. The summed E-state index contributed by atoms with van der Waals surface area (Å²) in [6.45, 7) is 7.54. The topological polar surface area (TPSA) is 44.1 Å². The summed E-state index contributed by atoms with van der Waals surface area (Å²) in [5.74, 6) is -0.0234. The molecule has 0 aromatic rings. The second-order valence-electron chi connectivity index (χ2n) is 5.08. The molecule has 0 radical (unpaired) electrons. The summed E-state index contributed by atoms with van der Waals surface area (Å²) in [5.41, 5.74) is -0.889. The zero-order valence-electron chi connectivity index (χ0n) is 10.1. The third-order valence-electron chi connectivity index (χ3n) is 3.24. The monoisotopic (exact) mass is 208 g/mol. The van der Waals surface area contributed by atoms with Gasteiger partial charge in [-0.15, -0.1) is 0 Å². The van der Waals surface area contributed by atoms with Gasteiger partial charge in [-0.1, -0.05) is 0 Å². The maximum atomic E-state index is 12.2. The molecule has 1 aliphatic rings. The summed E-state index contributed by atoms with van der Waals surface area (Å²) in [4.78, 5) is 14.1. The standard InChI is InChI=1S/C12H20N2O/c1-9-6-5-7-10(2)14(9)11(15)12(3,4)8-13/h9-10H,5-7H2,1-4H3. The number of nitriles is 1. The van der Waals surface area contributed by atoms with E-state index < -0.39 is 5.41 Å². The zero-order valence-corrected chi connectivity index (χ0v) is 10.1. The van der Waals surface area contributed by atoms with Crippen molar-refractivity contribution in [1.29, 1.82) is 5.26 Å². The highest BCUT2D eigenvalue weighted by atomic mass is 16.2. The van der Waals surface area contributed by atoms with Gasteiger partial charge >= 0.3 is 0 Å². The summed E-state index contributed by atoms with van der Waals surface area (Å²) >= 11 is 0. The van der Waals surface area contributed by atoms with Gasteiger partial charge in [0.1, 0.15) is 5.41 Å². The minimum Gasteiger partial charge on any atom is -0.336 e. The number of hydrogen-bond acceptors (Lipinski definition) is 2. The predicted molar refractivity (Wildman–Crippen MR) is 59.0 cm³/mol. The SMILES string of the molecule is CC1CCCC(C)N1C(=O)C(C)(C)C#N. The van der Waals surface area contributed by atoms with Crippen molar-refractivity contribution >= 4 is 5.91 Å². The average molecular weight is 208 g/mol. The van der Waals surface area contributed by atoms with Gasteiger partial charge in [-0.05, 0) is 47.0 Å². The molecule has 1 fully saturated rings. The number of amides is 1. The van der Waals surface area contributed by atoms with Gasteiger partial charge in [-0.3, -0.25) is 4.79 Å². The fourth-order valence-electron chi connectivity index (χ4n) is 2.19. The molecule has 0 N–H and O–H groups in total. The fraction of sp³-hybridized carbons (Fsp3) is 0.833. The Kier molecular flexibility index (Phi) is 3.38. The van der Waals surface area contributed by atoms with E-state index in [1.807, 2.05) is 4.90 Å². The Morgan fingerprint density at radius 2 is 1.80 bits per heavy atom. The van der Waals surface area contributed by atoms with Gasteiger partial charge in [-0.2, -0.15) is 5.26 Å². The number of carbonyl (C=O) groups is 1. The Bertz CT molecular complexity index is 280. The molecule has 1 heterocycles. The minimum atomic E-state index is -0.889. The van der Waals surface area contributed by atoms with Gasteiger partial charge in [0.15, 0.2) is 0 Å². The molecule has 2 atom stereocenters. The Balaban J connectivity index is 2.86. The molecule has 84 valence electrons. The molecule has 3 nitrogen and oxygen atoms in total. The third kappa shape index (κ3) is 2.31. The predicted octanol–water partition coefficient (Wildman–Crippen LogP) is 2.33. The van der Waals surface area contributed by atoms with Crippen LogP contribution >= 0.6 is 0 Å². The largest absolute Gasteiger partial charge is 0.336 e. The first kappa shape index (κ1) is 12.0. The lowest BCUT2D eigenvalue weighted by atomic mass is 9.89. The van der Waals surface area contributed by atoms with Crippen LogP contribution in [0.15, 0.2) is 0 Å². The van der Waals surface area contributed by atoms with E-state index in [9.17, 15) is 4.79 Å². The zero-order chi connectivity index (χ0) is 11.6. The van der Waals surface area contributed by atoms with Crippen LogP contribution in [0.5, 0.6) is 0 Å². The Labute approximate surface area is 92.1 Å². The first-order valence-corrected chi connectivity index (χ1v) is 5.64. The smallest absolute Gasteiger partial charge is 0.242 e. The quantitative estimate of drug-likeness (QED) is 0.663. The van der Waals surface area contributed by atoms with E-state index in [2.05, 4.69) is 19.9 Å². The van der Waals surface area contributed by atoms with Gasteiger partial charge in [0.2, 0.25) is 5.91 Å². The highest BCUT2D eigenvalue weighted by Gasteiger charge is 2.37. The Morgan fingerprint density at radius 1 is 1.33 bits per heavy atom. The molecule has 1 amide bonds. The number of carbonyl (C=O) groups excluding carboxylic acids is 1. The first-order valence-electron chi connectivity index (χ1n) is 5.64. The molecule has 0 aromatic heterocycles. The fourth-order valence-corrected chi connectivity index (χ4v) is 2.19. The molecule has 3 heteroatoms. The van der Waals surface area contributed by atoms with Gasteiger partial charge in [-0.25, -0.2) is 0 Å². The van der Waals surface area contributed by atoms with Crippen LogP contribution in [0.2, 0.25) is 0 Å². The van der Waals surface area contributed by atoms with E-state index >= 15 is 0 Å². The molecular formula is C12H20N2O. The van der Waals surface area contributed by atoms with E-state index in [1.54, 1.807) is 13.8 Å². The summed E-state index contributed by atoms with van der Waals surface area (Å²) in [6.07, 6.45) is 3.29. The molecule has 2 unspecified atom stereocenters. The summed E-state index contributed by atoms with van der Waals surface area (Å²) in [5, 5.41) is 8.97. The van der Waals surface area contributed by atoms with Crippen LogP contribution in [0.3, 0.4) is 0 Å². The molecule has 1 saturated heterocycles. The first-order chi connectivity index (χ1) is 6.90. The second-order valence-corrected chi connectivity index (χ2v) is 5.08. The second kappa shape index (κ2) is 4.22. The van der Waals surface area contributed by atoms with Gasteiger partial charge < -0.3 is 4.90 Å². The van der Waals surface area contributed by atoms with Crippen molar-refractivity contribution in [2.75, 3.05) is 0 Å². The van der Waals surface area contributed by atoms with Crippen molar-refractivity contribution in [3.05, 3.63) is 0 Å². The molecule has 1 rings (SSSR count). The van der Waals surface area contributed by atoms with Crippen LogP contribution < -0.4 is 0 Å². The van der Waals surface area contributed by atoms with E-state index in [1.165, 1.54) is 6.42 Å². The van der Waals surface area contributed by atoms with Gasteiger partial charge in [0, 0.05) is 12.1 Å². The summed E-state index contributed by atoms with van der Waals surface area (Å²) in [6, 6.07) is 2.63. The molecule has 0 bridgehead atoms. The normalized spacial score (nSPS) is 27.3. The van der Waals surface area contributed by atoms with Crippen molar-refractivity contribution in [2.45, 2.75) is 59.0 Å². The molecular weight excluding hydrogens is 188 g/mol. The van der Waals surface area contributed by atoms with E-state index in [0.29, 0.717) is 0 Å². The highest BCUT2D eigenvalue weighted by molar-refractivity contribution is 5.85. The van der Waals surface area contributed by atoms with E-state index in [-0.39, 0.29) is 18.0 Å². The van der Waals surface area contributed by atoms with Crippen LogP contribution in [-0.2, 0) is 4.79 Å². The summed E-state index contributed by atoms with van der Waals surface area (Å²) in [7, 11) is 0. The number of hydrogen-bond donors (Lipinski definition) is 0. The molecule has 0 spiro atoms. The Morgan fingerprint density at radius 3 is 2.20 bits per heavy atom. The molecule has 0 aliphatic carbocycles. The van der Waals surface area contributed by atoms with Crippen LogP contribution in [0.25, 0.3) is 0 Å². The molecule has 15 heavy (non-hydrogen) atoms. The van der Waals surface area contributed by atoms with Crippen LogP contribution in [-0.4, -0.2) is 22.9 Å². The van der Waals surface area contributed by atoms with Crippen LogP contribution in [0.1, 0.15) is 47.0 Å². The number of likely N-dealkylation sites (tertiary alicyclic amines) is 1.